The first-order chi connectivity index (χ1) is 12.8. The number of ether oxygens (including phenoxy) is 1. The molecule has 0 atom stereocenters. The first-order valence-corrected chi connectivity index (χ1v) is 9.80. The van der Waals surface area contributed by atoms with Crippen molar-refractivity contribution < 1.29 is 18.3 Å². The summed E-state index contributed by atoms with van der Waals surface area (Å²) < 4.78 is 32.5. The molecule has 8 heteroatoms. The van der Waals surface area contributed by atoms with E-state index in [1.54, 1.807) is 23.7 Å². The second kappa shape index (κ2) is 8.31. The lowest BCUT2D eigenvalue weighted by Gasteiger charge is -2.31. The number of rotatable bonds is 6. The fraction of sp³-hybridized carbons (Fsp3) is 0.474. The van der Waals surface area contributed by atoms with Gasteiger partial charge < -0.3 is 4.74 Å². The average molecular weight is 395 g/mol. The van der Waals surface area contributed by atoms with Crippen LogP contribution in [0.4, 0.5) is 13.9 Å². The van der Waals surface area contributed by atoms with Crippen LogP contribution in [0.15, 0.2) is 29.8 Å². The van der Waals surface area contributed by atoms with Crippen LogP contribution < -0.4 is 10.1 Å². The molecule has 1 N–H and O–H groups in total. The number of carbonyl (C=O) groups is 1. The molecule has 1 aliphatic heterocycles. The second-order valence-corrected chi connectivity index (χ2v) is 7.85. The number of amides is 1. The van der Waals surface area contributed by atoms with Gasteiger partial charge in [0, 0.05) is 49.6 Å². The summed E-state index contributed by atoms with van der Waals surface area (Å²) in [5.74, 6) is -2.25. The van der Waals surface area contributed by atoms with Crippen molar-refractivity contribution in [3.8, 4) is 5.75 Å². The van der Waals surface area contributed by atoms with Gasteiger partial charge in [0.15, 0.2) is 5.13 Å². The molecular formula is C19H23F2N3O2S. The summed E-state index contributed by atoms with van der Waals surface area (Å²) in [7, 11) is 0. The third-order valence-corrected chi connectivity index (χ3v) is 4.94. The highest BCUT2D eigenvalue weighted by Crippen LogP contribution is 2.29. The SMILES string of the molecule is CC(C)Oc1cc(CN2CCC(F)(F)CC2)cc(C(=O)Nc2nccs2)c1. The van der Waals surface area contributed by atoms with Gasteiger partial charge in [0.2, 0.25) is 0 Å². The minimum absolute atomic E-state index is 0.0381. The Morgan fingerprint density at radius 1 is 1.33 bits per heavy atom. The molecule has 27 heavy (non-hydrogen) atoms. The van der Waals surface area contributed by atoms with Crippen molar-refractivity contribution in [2.75, 3.05) is 18.4 Å². The summed E-state index contributed by atoms with van der Waals surface area (Å²) >= 11 is 1.34. The number of carbonyl (C=O) groups excluding carboxylic acids is 1. The predicted molar refractivity (Wildman–Crippen MR) is 102 cm³/mol. The minimum atomic E-state index is -2.57. The molecule has 1 aromatic heterocycles. The van der Waals surface area contributed by atoms with Crippen LogP contribution in [-0.4, -0.2) is 40.9 Å². The number of halogens is 2. The van der Waals surface area contributed by atoms with Gasteiger partial charge in [-0.1, -0.05) is 0 Å². The molecule has 0 spiro atoms. The summed E-state index contributed by atoms with van der Waals surface area (Å²) in [6, 6.07) is 5.34. The maximum Gasteiger partial charge on any atom is 0.257 e. The van der Waals surface area contributed by atoms with Crippen LogP contribution in [0.3, 0.4) is 0 Å². The zero-order valence-corrected chi connectivity index (χ0v) is 16.2. The number of nitrogens with one attached hydrogen (secondary N) is 1. The van der Waals surface area contributed by atoms with Crippen molar-refractivity contribution in [1.29, 1.82) is 0 Å². The van der Waals surface area contributed by atoms with Crippen molar-refractivity contribution in [3.05, 3.63) is 40.9 Å². The van der Waals surface area contributed by atoms with Gasteiger partial charge in [-0.3, -0.25) is 15.0 Å². The number of thiazole rings is 1. The molecular weight excluding hydrogens is 372 g/mol. The Morgan fingerprint density at radius 3 is 2.70 bits per heavy atom. The zero-order valence-electron chi connectivity index (χ0n) is 15.4. The normalized spacial score (nSPS) is 17.1. The van der Waals surface area contributed by atoms with Crippen molar-refractivity contribution in [3.63, 3.8) is 0 Å². The molecule has 0 bridgehead atoms. The number of hydrogen-bond donors (Lipinski definition) is 1. The summed E-state index contributed by atoms with van der Waals surface area (Å²) in [5.41, 5.74) is 1.32. The predicted octanol–water partition coefficient (Wildman–Crippen LogP) is 4.41. The lowest BCUT2D eigenvalue weighted by Crippen LogP contribution is -2.38. The molecule has 1 aliphatic rings. The molecule has 0 radical (unpaired) electrons. The van der Waals surface area contributed by atoms with Gasteiger partial charge >= 0.3 is 0 Å². The van der Waals surface area contributed by atoms with Gasteiger partial charge in [-0.2, -0.15) is 0 Å². The van der Waals surface area contributed by atoms with Crippen LogP contribution in [0.1, 0.15) is 42.6 Å². The zero-order chi connectivity index (χ0) is 19.4. The highest BCUT2D eigenvalue weighted by Gasteiger charge is 2.33. The number of alkyl halides is 2. The Balaban J connectivity index is 1.77. The topological polar surface area (TPSA) is 54.5 Å². The van der Waals surface area contributed by atoms with Crippen LogP contribution in [0.25, 0.3) is 0 Å². The number of nitrogens with zero attached hydrogens (tertiary/aromatic N) is 2. The third-order valence-electron chi connectivity index (χ3n) is 4.25. The molecule has 1 aromatic carbocycles. The quantitative estimate of drug-likeness (QED) is 0.787. The van der Waals surface area contributed by atoms with Crippen LogP contribution in [0, 0.1) is 0 Å². The number of aromatic nitrogens is 1. The van der Waals surface area contributed by atoms with E-state index in [0.29, 0.717) is 36.1 Å². The molecule has 146 valence electrons. The summed E-state index contributed by atoms with van der Waals surface area (Å²) in [6.07, 6.45) is 1.32. The van der Waals surface area contributed by atoms with E-state index in [1.165, 1.54) is 11.3 Å². The van der Waals surface area contributed by atoms with E-state index >= 15 is 0 Å². The molecule has 0 unspecified atom stereocenters. The van der Waals surface area contributed by atoms with E-state index in [1.807, 2.05) is 24.8 Å². The standard InChI is InChI=1S/C19H23F2N3O2S/c1-13(2)26-16-10-14(12-24-6-3-19(20,21)4-7-24)9-15(11-16)17(25)23-18-22-5-8-27-18/h5,8-11,13H,3-4,6-7,12H2,1-2H3,(H,22,23,25). The molecule has 5 nitrogen and oxygen atoms in total. The van der Waals surface area contributed by atoms with Crippen molar-refractivity contribution >= 4 is 22.4 Å². The highest BCUT2D eigenvalue weighted by atomic mass is 32.1. The van der Waals surface area contributed by atoms with E-state index in [-0.39, 0.29) is 24.9 Å². The van der Waals surface area contributed by atoms with E-state index in [9.17, 15) is 13.6 Å². The van der Waals surface area contributed by atoms with Gasteiger partial charge in [-0.25, -0.2) is 13.8 Å². The smallest absolute Gasteiger partial charge is 0.257 e. The Labute approximate surface area is 161 Å². The molecule has 2 aromatic rings. The number of anilines is 1. The largest absolute Gasteiger partial charge is 0.491 e. The van der Waals surface area contributed by atoms with E-state index in [4.69, 9.17) is 4.74 Å². The van der Waals surface area contributed by atoms with Gasteiger partial charge in [-0.15, -0.1) is 11.3 Å². The molecule has 1 saturated heterocycles. The van der Waals surface area contributed by atoms with Crippen LogP contribution in [0.5, 0.6) is 5.75 Å². The Morgan fingerprint density at radius 2 is 2.07 bits per heavy atom. The van der Waals surface area contributed by atoms with Crippen LogP contribution in [-0.2, 0) is 6.54 Å². The van der Waals surface area contributed by atoms with Gasteiger partial charge in [-0.05, 0) is 37.6 Å². The summed E-state index contributed by atoms with van der Waals surface area (Å²) in [6.45, 7) is 5.00. The number of hydrogen-bond acceptors (Lipinski definition) is 5. The fourth-order valence-electron chi connectivity index (χ4n) is 2.97. The highest BCUT2D eigenvalue weighted by molar-refractivity contribution is 7.13. The first kappa shape index (κ1) is 19.7. The lowest BCUT2D eigenvalue weighted by molar-refractivity contribution is -0.0566. The summed E-state index contributed by atoms with van der Waals surface area (Å²) in [4.78, 5) is 18.6. The van der Waals surface area contributed by atoms with Crippen molar-refractivity contribution in [1.82, 2.24) is 9.88 Å². The van der Waals surface area contributed by atoms with E-state index in [0.717, 1.165) is 5.56 Å². The maximum absolute atomic E-state index is 13.4. The Kier molecular flexibility index (Phi) is 6.06. The van der Waals surface area contributed by atoms with E-state index in [2.05, 4.69) is 10.3 Å². The summed E-state index contributed by atoms with van der Waals surface area (Å²) in [5, 5.41) is 5.07. The van der Waals surface area contributed by atoms with E-state index < -0.39 is 5.92 Å². The number of piperidine rings is 1. The Bertz CT molecular complexity index is 771. The van der Waals surface area contributed by atoms with Gasteiger partial charge in [0.25, 0.3) is 11.8 Å². The van der Waals surface area contributed by atoms with Gasteiger partial charge in [0.1, 0.15) is 5.75 Å². The fourth-order valence-corrected chi connectivity index (χ4v) is 3.50. The molecule has 1 fully saturated rings. The average Bonchev–Trinajstić information content (AvgIpc) is 3.09. The van der Waals surface area contributed by atoms with Gasteiger partial charge in [0.05, 0.1) is 6.10 Å². The molecule has 3 rings (SSSR count). The monoisotopic (exact) mass is 395 g/mol. The van der Waals surface area contributed by atoms with Crippen LogP contribution in [0.2, 0.25) is 0 Å². The molecule has 2 heterocycles. The lowest BCUT2D eigenvalue weighted by atomic mass is 10.0. The maximum atomic E-state index is 13.4. The molecule has 1 amide bonds. The molecule has 0 saturated carbocycles. The third kappa shape index (κ3) is 5.71. The van der Waals surface area contributed by atoms with Crippen molar-refractivity contribution in [2.45, 2.75) is 45.3 Å². The second-order valence-electron chi connectivity index (χ2n) is 6.96. The minimum Gasteiger partial charge on any atom is -0.491 e. The molecule has 0 aliphatic carbocycles. The number of benzene rings is 1. The first-order valence-electron chi connectivity index (χ1n) is 8.92. The van der Waals surface area contributed by atoms with Crippen molar-refractivity contribution in [2.24, 2.45) is 0 Å². The number of likely N-dealkylation sites (tertiary alicyclic amines) is 1. The Hall–Kier alpha value is -2.06. The van der Waals surface area contributed by atoms with Crippen LogP contribution >= 0.6 is 11.3 Å².